The topological polar surface area (TPSA) is 95.3 Å². The van der Waals surface area contributed by atoms with E-state index in [0.29, 0.717) is 11.5 Å². The fourth-order valence-electron chi connectivity index (χ4n) is 2.38. The van der Waals surface area contributed by atoms with Crippen molar-refractivity contribution in [2.75, 3.05) is 6.61 Å². The molecular formula is C18H16N2O4. The molecule has 122 valence electrons. The Labute approximate surface area is 137 Å². The normalized spacial score (nSPS) is 11.9. The van der Waals surface area contributed by atoms with Gasteiger partial charge < -0.3 is 19.8 Å². The van der Waals surface area contributed by atoms with Gasteiger partial charge in [-0.15, -0.1) is 0 Å². The molecule has 3 N–H and O–H groups in total. The van der Waals surface area contributed by atoms with Gasteiger partial charge in [0.2, 0.25) is 0 Å². The van der Waals surface area contributed by atoms with Crippen LogP contribution in [0.15, 0.2) is 70.1 Å². The van der Waals surface area contributed by atoms with Crippen LogP contribution in [0.1, 0.15) is 22.0 Å². The number of aliphatic hydroxyl groups excluding tert-OH is 1. The highest BCUT2D eigenvalue weighted by molar-refractivity contribution is 5.94. The number of carbonyl (C=O) groups is 1. The van der Waals surface area contributed by atoms with Gasteiger partial charge in [0, 0.05) is 0 Å². The second kappa shape index (κ2) is 6.97. The molecule has 0 saturated heterocycles. The van der Waals surface area contributed by atoms with Crippen molar-refractivity contribution in [2.45, 2.75) is 6.04 Å². The van der Waals surface area contributed by atoms with Crippen LogP contribution in [0, 0.1) is 0 Å². The van der Waals surface area contributed by atoms with Gasteiger partial charge in [-0.25, -0.2) is 0 Å². The number of amides is 1. The first-order valence-electron chi connectivity index (χ1n) is 7.43. The summed E-state index contributed by atoms with van der Waals surface area (Å²) in [7, 11) is 0. The molecule has 0 radical (unpaired) electrons. The summed E-state index contributed by atoms with van der Waals surface area (Å²) in [6, 6.07) is 14.9. The number of nitrogens with one attached hydrogen (secondary N) is 2. The Hall–Kier alpha value is -3.12. The zero-order chi connectivity index (χ0) is 16.9. The van der Waals surface area contributed by atoms with Crippen LogP contribution in [0.4, 0.5) is 0 Å². The van der Waals surface area contributed by atoms with E-state index in [4.69, 9.17) is 4.42 Å². The number of aromatic nitrogens is 1. The summed E-state index contributed by atoms with van der Waals surface area (Å²) in [5, 5.41) is 12.2. The van der Waals surface area contributed by atoms with Crippen molar-refractivity contribution in [3.05, 3.63) is 82.3 Å². The van der Waals surface area contributed by atoms with E-state index in [1.165, 1.54) is 12.3 Å². The van der Waals surface area contributed by atoms with E-state index >= 15 is 0 Å². The number of rotatable bonds is 5. The van der Waals surface area contributed by atoms with Crippen LogP contribution >= 0.6 is 0 Å². The maximum atomic E-state index is 12.3. The zero-order valence-corrected chi connectivity index (χ0v) is 12.7. The van der Waals surface area contributed by atoms with Gasteiger partial charge in [0.15, 0.2) is 0 Å². The van der Waals surface area contributed by atoms with Crippen molar-refractivity contribution in [2.24, 2.45) is 0 Å². The highest BCUT2D eigenvalue weighted by atomic mass is 16.3. The number of pyridine rings is 1. The van der Waals surface area contributed by atoms with E-state index in [2.05, 4.69) is 10.3 Å². The van der Waals surface area contributed by atoms with Crippen molar-refractivity contribution < 1.29 is 14.3 Å². The molecule has 0 aliphatic carbocycles. The predicted molar refractivity (Wildman–Crippen MR) is 88.5 cm³/mol. The SMILES string of the molecule is O=C(NC(CO)c1ccccc1)c1ccc(-c2ccco2)[nH]c1=O. The molecule has 0 saturated carbocycles. The lowest BCUT2D eigenvalue weighted by Crippen LogP contribution is -2.34. The summed E-state index contributed by atoms with van der Waals surface area (Å²) in [4.78, 5) is 27.1. The molecule has 1 amide bonds. The molecule has 6 nitrogen and oxygen atoms in total. The molecule has 24 heavy (non-hydrogen) atoms. The zero-order valence-electron chi connectivity index (χ0n) is 12.7. The molecule has 0 bridgehead atoms. The van der Waals surface area contributed by atoms with E-state index in [0.717, 1.165) is 5.56 Å². The van der Waals surface area contributed by atoms with Gasteiger partial charge in [-0.05, 0) is 29.8 Å². The number of benzene rings is 1. The molecule has 0 spiro atoms. The number of hydrogen-bond acceptors (Lipinski definition) is 4. The minimum atomic E-state index is -0.581. The predicted octanol–water partition coefficient (Wildman–Crippen LogP) is 2.10. The number of furan rings is 1. The monoisotopic (exact) mass is 324 g/mol. The minimum Gasteiger partial charge on any atom is -0.463 e. The van der Waals surface area contributed by atoms with Crippen LogP contribution in [-0.2, 0) is 0 Å². The van der Waals surface area contributed by atoms with E-state index in [-0.39, 0.29) is 12.2 Å². The summed E-state index contributed by atoms with van der Waals surface area (Å²) in [5.41, 5.74) is 0.700. The fourth-order valence-corrected chi connectivity index (χ4v) is 2.38. The Kier molecular flexibility index (Phi) is 4.58. The molecule has 3 rings (SSSR count). The first-order chi connectivity index (χ1) is 11.7. The van der Waals surface area contributed by atoms with Crippen LogP contribution in [0.3, 0.4) is 0 Å². The third-order valence-electron chi connectivity index (χ3n) is 3.63. The summed E-state index contributed by atoms with van der Waals surface area (Å²) in [5.74, 6) is -0.0401. The maximum absolute atomic E-state index is 12.3. The summed E-state index contributed by atoms with van der Waals surface area (Å²) in [6.45, 7) is -0.266. The highest BCUT2D eigenvalue weighted by Gasteiger charge is 2.17. The number of aliphatic hydroxyl groups is 1. The van der Waals surface area contributed by atoms with Gasteiger partial charge in [0.1, 0.15) is 11.3 Å². The molecule has 6 heteroatoms. The molecular weight excluding hydrogens is 308 g/mol. The van der Waals surface area contributed by atoms with Crippen LogP contribution < -0.4 is 10.9 Å². The van der Waals surface area contributed by atoms with E-state index in [9.17, 15) is 14.7 Å². The average Bonchev–Trinajstić information content (AvgIpc) is 3.14. The van der Waals surface area contributed by atoms with Crippen molar-refractivity contribution in [3.63, 3.8) is 0 Å². The van der Waals surface area contributed by atoms with Crippen molar-refractivity contribution in [1.29, 1.82) is 0 Å². The second-order valence-electron chi connectivity index (χ2n) is 5.21. The van der Waals surface area contributed by atoms with Crippen LogP contribution in [0.25, 0.3) is 11.5 Å². The molecule has 2 heterocycles. The third-order valence-corrected chi connectivity index (χ3v) is 3.63. The van der Waals surface area contributed by atoms with Gasteiger partial charge in [0.05, 0.1) is 24.6 Å². The molecule has 0 aliphatic heterocycles. The number of carbonyl (C=O) groups excluding carboxylic acids is 1. The van der Waals surface area contributed by atoms with Crippen molar-refractivity contribution in [1.82, 2.24) is 10.3 Å². The average molecular weight is 324 g/mol. The summed E-state index contributed by atoms with van der Waals surface area (Å²) in [6.07, 6.45) is 1.50. The third kappa shape index (κ3) is 3.28. The van der Waals surface area contributed by atoms with Crippen molar-refractivity contribution >= 4 is 5.91 Å². The van der Waals surface area contributed by atoms with E-state index < -0.39 is 17.5 Å². The largest absolute Gasteiger partial charge is 0.463 e. The number of hydrogen-bond donors (Lipinski definition) is 3. The number of aromatic amines is 1. The number of H-pyrrole nitrogens is 1. The molecule has 0 fully saturated rings. The molecule has 1 aromatic carbocycles. The smallest absolute Gasteiger partial charge is 0.261 e. The maximum Gasteiger partial charge on any atom is 0.261 e. The lowest BCUT2D eigenvalue weighted by atomic mass is 10.1. The van der Waals surface area contributed by atoms with Gasteiger partial charge in [0.25, 0.3) is 11.5 Å². The Morgan fingerprint density at radius 3 is 2.54 bits per heavy atom. The minimum absolute atomic E-state index is 0.0281. The van der Waals surface area contributed by atoms with Crippen LogP contribution in [0.2, 0.25) is 0 Å². The van der Waals surface area contributed by atoms with Gasteiger partial charge in [-0.2, -0.15) is 0 Å². The van der Waals surface area contributed by atoms with Gasteiger partial charge >= 0.3 is 0 Å². The molecule has 1 unspecified atom stereocenters. The Morgan fingerprint density at radius 2 is 1.92 bits per heavy atom. The summed E-state index contributed by atoms with van der Waals surface area (Å²) < 4.78 is 5.21. The van der Waals surface area contributed by atoms with E-state index in [1.54, 1.807) is 30.3 Å². The first kappa shape index (κ1) is 15.8. The molecule has 1 atom stereocenters. The lowest BCUT2D eigenvalue weighted by Gasteiger charge is -2.16. The van der Waals surface area contributed by atoms with Gasteiger partial charge in [-0.1, -0.05) is 30.3 Å². The lowest BCUT2D eigenvalue weighted by molar-refractivity contribution is 0.0914. The quantitative estimate of drug-likeness (QED) is 0.670. The van der Waals surface area contributed by atoms with Crippen molar-refractivity contribution in [3.8, 4) is 11.5 Å². The highest BCUT2D eigenvalue weighted by Crippen LogP contribution is 2.16. The van der Waals surface area contributed by atoms with Crippen LogP contribution in [-0.4, -0.2) is 22.6 Å². The first-order valence-corrected chi connectivity index (χ1v) is 7.43. The van der Waals surface area contributed by atoms with E-state index in [1.807, 2.05) is 18.2 Å². The van der Waals surface area contributed by atoms with Crippen LogP contribution in [0.5, 0.6) is 0 Å². The standard InChI is InChI=1S/C18H16N2O4/c21-11-15(12-5-2-1-3-6-12)20-18(23)13-8-9-14(19-17(13)22)16-7-4-10-24-16/h1-10,15,21H,11H2,(H,19,22)(H,20,23). The fraction of sp³-hybridized carbons (Fsp3) is 0.111. The molecule has 2 aromatic heterocycles. The Balaban J connectivity index is 1.81. The second-order valence-corrected chi connectivity index (χ2v) is 5.21. The molecule has 0 aliphatic rings. The summed E-state index contributed by atoms with van der Waals surface area (Å²) >= 11 is 0. The Bertz CT molecular complexity index is 870. The van der Waals surface area contributed by atoms with Gasteiger partial charge in [-0.3, -0.25) is 9.59 Å². The molecule has 3 aromatic rings. The Morgan fingerprint density at radius 1 is 1.12 bits per heavy atom.